The minimum absolute atomic E-state index is 0.397. The van der Waals surface area contributed by atoms with Crippen molar-refractivity contribution in [1.29, 1.82) is 0 Å². The van der Waals surface area contributed by atoms with Crippen molar-refractivity contribution in [2.45, 2.75) is 46.3 Å². The van der Waals surface area contributed by atoms with Crippen LogP contribution in [0.3, 0.4) is 0 Å². The minimum Gasteiger partial charge on any atom is -0.351 e. The van der Waals surface area contributed by atoms with E-state index in [9.17, 15) is 0 Å². The molecule has 0 atom stereocenters. The maximum Gasteiger partial charge on any atom is 0.162 e. The third-order valence-corrected chi connectivity index (χ3v) is 1.31. The summed E-state index contributed by atoms with van der Waals surface area (Å²) in [4.78, 5) is 0. The average Bonchev–Trinajstić information content (AvgIpc) is 1.97. The van der Waals surface area contributed by atoms with Crippen molar-refractivity contribution in [2.75, 3.05) is 13.2 Å². The van der Waals surface area contributed by atoms with Gasteiger partial charge in [-0.05, 0) is 26.7 Å². The van der Waals surface area contributed by atoms with Gasteiger partial charge in [0.05, 0.1) is 0 Å². The average molecular weight is 160 g/mol. The van der Waals surface area contributed by atoms with Crippen LogP contribution in [0.5, 0.6) is 0 Å². The highest BCUT2D eigenvalue weighted by atomic mass is 16.7. The van der Waals surface area contributed by atoms with Gasteiger partial charge in [-0.25, -0.2) is 0 Å². The van der Waals surface area contributed by atoms with Crippen LogP contribution in [-0.4, -0.2) is 19.0 Å². The Morgan fingerprint density at radius 3 is 1.55 bits per heavy atom. The van der Waals surface area contributed by atoms with Gasteiger partial charge in [-0.1, -0.05) is 13.8 Å². The molecule has 0 aromatic heterocycles. The van der Waals surface area contributed by atoms with Crippen LogP contribution in [0.1, 0.15) is 40.5 Å². The summed E-state index contributed by atoms with van der Waals surface area (Å²) in [5, 5.41) is 0. The SMILES string of the molecule is CCCOC(C)(C)OCCC. The highest BCUT2D eigenvalue weighted by Crippen LogP contribution is 2.11. The molecule has 0 rings (SSSR count). The van der Waals surface area contributed by atoms with Crippen LogP contribution >= 0.6 is 0 Å². The predicted octanol–water partition coefficient (Wildman–Crippen LogP) is 2.58. The van der Waals surface area contributed by atoms with Gasteiger partial charge in [0.2, 0.25) is 0 Å². The zero-order valence-electron chi connectivity index (χ0n) is 8.14. The van der Waals surface area contributed by atoms with E-state index in [-0.39, 0.29) is 0 Å². The van der Waals surface area contributed by atoms with Crippen molar-refractivity contribution in [3.63, 3.8) is 0 Å². The molecule has 0 radical (unpaired) electrons. The van der Waals surface area contributed by atoms with Gasteiger partial charge in [-0.2, -0.15) is 0 Å². The summed E-state index contributed by atoms with van der Waals surface area (Å²) in [6.07, 6.45) is 2.08. The molecule has 0 fully saturated rings. The molecule has 0 aromatic carbocycles. The van der Waals surface area contributed by atoms with Gasteiger partial charge in [0, 0.05) is 13.2 Å². The van der Waals surface area contributed by atoms with Crippen molar-refractivity contribution in [3.05, 3.63) is 0 Å². The maximum atomic E-state index is 5.46. The molecule has 0 bridgehead atoms. The molecular formula is C9H20O2. The topological polar surface area (TPSA) is 18.5 Å². The van der Waals surface area contributed by atoms with Crippen molar-refractivity contribution < 1.29 is 9.47 Å². The minimum atomic E-state index is -0.397. The van der Waals surface area contributed by atoms with E-state index >= 15 is 0 Å². The van der Waals surface area contributed by atoms with Gasteiger partial charge < -0.3 is 9.47 Å². The zero-order valence-corrected chi connectivity index (χ0v) is 8.14. The van der Waals surface area contributed by atoms with Crippen LogP contribution in [0, 0.1) is 0 Å². The van der Waals surface area contributed by atoms with Crippen LogP contribution in [0.15, 0.2) is 0 Å². The van der Waals surface area contributed by atoms with E-state index in [0.29, 0.717) is 0 Å². The predicted molar refractivity (Wildman–Crippen MR) is 46.6 cm³/mol. The summed E-state index contributed by atoms with van der Waals surface area (Å²) in [6, 6.07) is 0. The molecule has 0 unspecified atom stereocenters. The van der Waals surface area contributed by atoms with E-state index in [4.69, 9.17) is 9.47 Å². The molecule has 0 aromatic rings. The van der Waals surface area contributed by atoms with Crippen molar-refractivity contribution in [2.24, 2.45) is 0 Å². The molecule has 0 heterocycles. The summed E-state index contributed by atoms with van der Waals surface area (Å²) in [5.74, 6) is -0.397. The molecule has 0 aliphatic carbocycles. The highest BCUT2D eigenvalue weighted by Gasteiger charge is 2.16. The number of ether oxygens (including phenoxy) is 2. The largest absolute Gasteiger partial charge is 0.351 e. The number of hydrogen-bond donors (Lipinski definition) is 0. The fourth-order valence-corrected chi connectivity index (χ4v) is 0.737. The standard InChI is InChI=1S/C9H20O2/c1-5-7-10-9(3,4)11-8-6-2/h5-8H2,1-4H3. The number of hydrogen-bond acceptors (Lipinski definition) is 2. The molecule has 0 N–H and O–H groups in total. The van der Waals surface area contributed by atoms with Crippen LogP contribution in [0.25, 0.3) is 0 Å². The third kappa shape index (κ3) is 6.32. The van der Waals surface area contributed by atoms with Crippen molar-refractivity contribution >= 4 is 0 Å². The van der Waals surface area contributed by atoms with Gasteiger partial charge in [0.25, 0.3) is 0 Å². The monoisotopic (exact) mass is 160 g/mol. The van der Waals surface area contributed by atoms with Gasteiger partial charge in [-0.15, -0.1) is 0 Å². The molecule has 2 heteroatoms. The smallest absolute Gasteiger partial charge is 0.162 e. The Labute approximate surface area is 69.9 Å². The Bertz CT molecular complexity index is 79.6. The summed E-state index contributed by atoms with van der Waals surface area (Å²) < 4.78 is 10.9. The summed E-state index contributed by atoms with van der Waals surface area (Å²) >= 11 is 0. The fourth-order valence-electron chi connectivity index (χ4n) is 0.737. The summed E-state index contributed by atoms with van der Waals surface area (Å²) in [5.41, 5.74) is 0. The molecule has 0 spiro atoms. The van der Waals surface area contributed by atoms with Crippen molar-refractivity contribution in [3.8, 4) is 0 Å². The second kappa shape index (κ2) is 5.56. The van der Waals surface area contributed by atoms with E-state index in [2.05, 4.69) is 13.8 Å². The van der Waals surface area contributed by atoms with Gasteiger partial charge in [0.1, 0.15) is 0 Å². The van der Waals surface area contributed by atoms with E-state index in [1.165, 1.54) is 0 Å². The number of rotatable bonds is 6. The van der Waals surface area contributed by atoms with Crippen molar-refractivity contribution in [1.82, 2.24) is 0 Å². The molecule has 0 amide bonds. The molecular weight excluding hydrogens is 140 g/mol. The van der Waals surface area contributed by atoms with E-state index in [1.807, 2.05) is 13.8 Å². The van der Waals surface area contributed by atoms with E-state index in [0.717, 1.165) is 26.1 Å². The molecule has 0 saturated carbocycles. The van der Waals surface area contributed by atoms with Gasteiger partial charge in [0.15, 0.2) is 5.79 Å². The fraction of sp³-hybridized carbons (Fsp3) is 1.00. The zero-order chi connectivity index (χ0) is 8.74. The first-order valence-corrected chi connectivity index (χ1v) is 4.40. The third-order valence-electron chi connectivity index (χ3n) is 1.31. The van der Waals surface area contributed by atoms with Crippen LogP contribution < -0.4 is 0 Å². The summed E-state index contributed by atoms with van der Waals surface area (Å²) in [7, 11) is 0. The lowest BCUT2D eigenvalue weighted by molar-refractivity contribution is -0.213. The van der Waals surface area contributed by atoms with Gasteiger partial charge in [-0.3, -0.25) is 0 Å². The molecule has 0 aliphatic rings. The first-order chi connectivity index (χ1) is 5.12. The first-order valence-electron chi connectivity index (χ1n) is 4.40. The van der Waals surface area contributed by atoms with Crippen LogP contribution in [0.2, 0.25) is 0 Å². The first kappa shape index (κ1) is 10.9. The summed E-state index contributed by atoms with van der Waals surface area (Å²) in [6.45, 7) is 9.65. The Kier molecular flexibility index (Phi) is 5.51. The van der Waals surface area contributed by atoms with Crippen LogP contribution in [-0.2, 0) is 9.47 Å². The van der Waals surface area contributed by atoms with Crippen LogP contribution in [0.4, 0.5) is 0 Å². The quantitative estimate of drug-likeness (QED) is 0.556. The normalized spacial score (nSPS) is 12.0. The molecule has 2 nitrogen and oxygen atoms in total. The lowest BCUT2D eigenvalue weighted by atomic mass is 10.3. The van der Waals surface area contributed by atoms with Gasteiger partial charge >= 0.3 is 0 Å². The molecule has 0 aliphatic heterocycles. The Morgan fingerprint density at radius 2 is 1.27 bits per heavy atom. The molecule has 0 saturated heterocycles. The second-order valence-electron chi connectivity index (χ2n) is 3.10. The second-order valence-corrected chi connectivity index (χ2v) is 3.10. The Balaban J connectivity index is 3.43. The maximum absolute atomic E-state index is 5.46. The van der Waals surface area contributed by atoms with E-state index < -0.39 is 5.79 Å². The Morgan fingerprint density at radius 1 is 0.909 bits per heavy atom. The Hall–Kier alpha value is -0.0800. The molecule has 11 heavy (non-hydrogen) atoms. The highest BCUT2D eigenvalue weighted by molar-refractivity contribution is 4.52. The van der Waals surface area contributed by atoms with E-state index in [1.54, 1.807) is 0 Å². The lowest BCUT2D eigenvalue weighted by Gasteiger charge is -2.25. The molecule has 68 valence electrons. The lowest BCUT2D eigenvalue weighted by Crippen LogP contribution is -2.29.